The van der Waals surface area contributed by atoms with E-state index in [-0.39, 0.29) is 31.5 Å². The van der Waals surface area contributed by atoms with Crippen LogP contribution in [0.3, 0.4) is 0 Å². The maximum Gasteiger partial charge on any atom is 0.322 e. The first kappa shape index (κ1) is 15.1. The van der Waals surface area contributed by atoms with Crippen molar-refractivity contribution in [3.63, 3.8) is 0 Å². The summed E-state index contributed by atoms with van der Waals surface area (Å²) in [6.07, 6.45) is 0.660. The van der Waals surface area contributed by atoms with Crippen molar-refractivity contribution in [2.24, 2.45) is 5.41 Å². The lowest BCUT2D eigenvalue weighted by molar-refractivity contribution is -0.171. The van der Waals surface area contributed by atoms with Crippen molar-refractivity contribution in [3.8, 4) is 0 Å². The average Bonchev–Trinajstić information content (AvgIpc) is 2.31. The van der Waals surface area contributed by atoms with Gasteiger partial charge < -0.3 is 14.2 Å². The van der Waals surface area contributed by atoms with Crippen LogP contribution in [0.25, 0.3) is 0 Å². The first-order valence-electron chi connectivity index (χ1n) is 6.43. The Kier molecular flexibility index (Phi) is 5.75. The number of hydrogen-bond donors (Lipinski definition) is 0. The van der Waals surface area contributed by atoms with Crippen LogP contribution in [0.2, 0.25) is 0 Å². The molecule has 1 saturated heterocycles. The maximum atomic E-state index is 12.1. The molecule has 1 aliphatic rings. The largest absolute Gasteiger partial charge is 0.465 e. The van der Waals surface area contributed by atoms with Crippen LogP contribution >= 0.6 is 0 Å². The van der Waals surface area contributed by atoms with Crippen molar-refractivity contribution in [2.75, 3.05) is 26.4 Å². The molecule has 18 heavy (non-hydrogen) atoms. The Labute approximate surface area is 108 Å². The highest BCUT2D eigenvalue weighted by molar-refractivity contribution is 6.04. The number of Topliss-reactive ketones (excluding diaryl/α,β-unsaturated/α-hetero) is 1. The lowest BCUT2D eigenvalue weighted by atomic mass is 9.78. The van der Waals surface area contributed by atoms with Gasteiger partial charge in [0.1, 0.15) is 0 Å². The van der Waals surface area contributed by atoms with E-state index in [0.29, 0.717) is 19.6 Å². The molecule has 0 aliphatic carbocycles. The monoisotopic (exact) mass is 258 g/mol. The molecule has 5 nitrogen and oxygen atoms in total. The van der Waals surface area contributed by atoms with Crippen LogP contribution in [-0.2, 0) is 23.8 Å². The fraction of sp³-hybridized carbons (Fsp3) is 0.846. The van der Waals surface area contributed by atoms with E-state index in [1.54, 1.807) is 6.92 Å². The average molecular weight is 258 g/mol. The second-order valence-corrected chi connectivity index (χ2v) is 4.70. The Morgan fingerprint density at radius 1 is 1.50 bits per heavy atom. The molecule has 0 N–H and O–H groups in total. The Hall–Kier alpha value is -0.940. The van der Waals surface area contributed by atoms with Crippen LogP contribution in [0.15, 0.2) is 0 Å². The van der Waals surface area contributed by atoms with Gasteiger partial charge in [-0.2, -0.15) is 0 Å². The van der Waals surface area contributed by atoms with Crippen molar-refractivity contribution >= 4 is 11.8 Å². The summed E-state index contributed by atoms with van der Waals surface area (Å²) in [5, 5.41) is 0. The molecule has 5 heteroatoms. The fourth-order valence-electron chi connectivity index (χ4n) is 1.96. The highest BCUT2D eigenvalue weighted by atomic mass is 16.5. The standard InChI is InChI=1S/C13H22O5/c1-4-17-12(15)13(6-8-18-10(2)3)9-16-7-5-11(13)14/h10H,4-9H2,1-3H3. The van der Waals surface area contributed by atoms with Crippen molar-refractivity contribution in [2.45, 2.75) is 39.7 Å². The Morgan fingerprint density at radius 3 is 2.78 bits per heavy atom. The Morgan fingerprint density at radius 2 is 2.22 bits per heavy atom. The molecule has 104 valence electrons. The molecule has 1 atom stereocenters. The molecule has 0 radical (unpaired) electrons. The fourth-order valence-corrected chi connectivity index (χ4v) is 1.96. The number of hydrogen-bond acceptors (Lipinski definition) is 5. The molecule has 0 aromatic carbocycles. The van der Waals surface area contributed by atoms with E-state index in [1.807, 2.05) is 13.8 Å². The van der Waals surface area contributed by atoms with Gasteiger partial charge in [-0.3, -0.25) is 9.59 Å². The number of carbonyl (C=O) groups is 2. The summed E-state index contributed by atoms with van der Waals surface area (Å²) in [5.74, 6) is -0.582. The molecule has 0 aromatic heterocycles. The number of rotatable bonds is 6. The van der Waals surface area contributed by atoms with E-state index < -0.39 is 11.4 Å². The Bertz CT molecular complexity index is 300. The minimum Gasteiger partial charge on any atom is -0.465 e. The summed E-state index contributed by atoms with van der Waals surface area (Å²) >= 11 is 0. The second kappa shape index (κ2) is 6.85. The summed E-state index contributed by atoms with van der Waals surface area (Å²) in [6.45, 7) is 6.65. The van der Waals surface area contributed by atoms with E-state index in [4.69, 9.17) is 14.2 Å². The summed E-state index contributed by atoms with van der Waals surface area (Å²) in [5.41, 5.74) is -1.16. The highest BCUT2D eigenvalue weighted by Crippen LogP contribution is 2.31. The lowest BCUT2D eigenvalue weighted by Gasteiger charge is -2.33. The molecule has 1 unspecified atom stereocenters. The van der Waals surface area contributed by atoms with Crippen LogP contribution in [0.4, 0.5) is 0 Å². The third kappa shape index (κ3) is 3.53. The molecule has 1 heterocycles. The van der Waals surface area contributed by atoms with Crippen LogP contribution in [-0.4, -0.2) is 44.3 Å². The van der Waals surface area contributed by atoms with E-state index in [1.165, 1.54) is 0 Å². The van der Waals surface area contributed by atoms with Gasteiger partial charge in [0.05, 0.1) is 25.9 Å². The predicted molar refractivity (Wildman–Crippen MR) is 65.2 cm³/mol. The third-order valence-corrected chi connectivity index (χ3v) is 3.00. The third-order valence-electron chi connectivity index (χ3n) is 3.00. The van der Waals surface area contributed by atoms with Crippen LogP contribution in [0.1, 0.15) is 33.6 Å². The number of ketones is 1. The molecule has 1 aliphatic heterocycles. The van der Waals surface area contributed by atoms with Gasteiger partial charge in [0.15, 0.2) is 11.2 Å². The van der Waals surface area contributed by atoms with E-state index in [2.05, 4.69) is 0 Å². The van der Waals surface area contributed by atoms with Gasteiger partial charge in [0, 0.05) is 13.0 Å². The van der Waals surface area contributed by atoms with Crippen molar-refractivity contribution in [3.05, 3.63) is 0 Å². The van der Waals surface area contributed by atoms with Crippen LogP contribution in [0, 0.1) is 5.41 Å². The number of carbonyl (C=O) groups excluding carboxylic acids is 2. The summed E-state index contributed by atoms with van der Waals surface area (Å²) in [4.78, 5) is 24.1. The smallest absolute Gasteiger partial charge is 0.322 e. The zero-order valence-corrected chi connectivity index (χ0v) is 11.4. The summed E-state index contributed by atoms with van der Waals surface area (Å²) in [7, 11) is 0. The van der Waals surface area contributed by atoms with Gasteiger partial charge in [-0.05, 0) is 27.2 Å². The number of ether oxygens (including phenoxy) is 3. The van der Waals surface area contributed by atoms with E-state index in [9.17, 15) is 9.59 Å². The van der Waals surface area contributed by atoms with Crippen LogP contribution in [0.5, 0.6) is 0 Å². The minimum absolute atomic E-state index is 0.0730. The molecule has 0 spiro atoms. The topological polar surface area (TPSA) is 61.8 Å². The van der Waals surface area contributed by atoms with Crippen LogP contribution < -0.4 is 0 Å². The van der Waals surface area contributed by atoms with E-state index >= 15 is 0 Å². The summed E-state index contributed by atoms with van der Waals surface area (Å²) < 4.78 is 15.8. The van der Waals surface area contributed by atoms with Gasteiger partial charge in [-0.15, -0.1) is 0 Å². The Balaban J connectivity index is 2.73. The lowest BCUT2D eigenvalue weighted by Crippen LogP contribution is -2.48. The van der Waals surface area contributed by atoms with Gasteiger partial charge in [0.25, 0.3) is 0 Å². The van der Waals surface area contributed by atoms with Crippen molar-refractivity contribution in [1.82, 2.24) is 0 Å². The second-order valence-electron chi connectivity index (χ2n) is 4.70. The van der Waals surface area contributed by atoms with Gasteiger partial charge in [-0.1, -0.05) is 0 Å². The molecular formula is C13H22O5. The maximum absolute atomic E-state index is 12.1. The SMILES string of the molecule is CCOC(=O)C1(CCOC(C)C)COCCC1=O. The molecule has 1 fully saturated rings. The first-order valence-corrected chi connectivity index (χ1v) is 6.43. The molecule has 1 rings (SSSR count). The number of esters is 1. The van der Waals surface area contributed by atoms with Gasteiger partial charge in [-0.25, -0.2) is 0 Å². The minimum atomic E-state index is -1.16. The molecule has 0 amide bonds. The van der Waals surface area contributed by atoms with E-state index in [0.717, 1.165) is 0 Å². The molecule has 0 aromatic rings. The molecule has 0 saturated carbocycles. The molecule has 0 bridgehead atoms. The van der Waals surface area contributed by atoms with Gasteiger partial charge in [0.2, 0.25) is 0 Å². The quantitative estimate of drug-likeness (QED) is 0.531. The van der Waals surface area contributed by atoms with Crippen molar-refractivity contribution in [1.29, 1.82) is 0 Å². The van der Waals surface area contributed by atoms with Crippen molar-refractivity contribution < 1.29 is 23.8 Å². The summed E-state index contributed by atoms with van der Waals surface area (Å²) in [6, 6.07) is 0. The normalized spacial score (nSPS) is 24.3. The first-order chi connectivity index (χ1) is 8.53. The molecular weight excluding hydrogens is 236 g/mol. The van der Waals surface area contributed by atoms with Gasteiger partial charge >= 0.3 is 5.97 Å². The zero-order chi connectivity index (χ0) is 13.6. The predicted octanol–water partition coefficient (Wildman–Crippen LogP) is 1.34. The zero-order valence-electron chi connectivity index (χ0n) is 11.4. The highest BCUT2D eigenvalue weighted by Gasteiger charge is 2.48.